The number of methoxy groups -OCH3 is 1. The van der Waals surface area contributed by atoms with Crippen LogP contribution in [0.2, 0.25) is 0 Å². The van der Waals surface area contributed by atoms with Gasteiger partial charge in [-0.1, -0.05) is 12.1 Å². The van der Waals surface area contributed by atoms with Crippen LogP contribution in [0.15, 0.2) is 24.3 Å². The van der Waals surface area contributed by atoms with Crippen molar-refractivity contribution in [3.8, 4) is 5.75 Å². The van der Waals surface area contributed by atoms with Gasteiger partial charge in [-0.3, -0.25) is 4.90 Å². The molecule has 1 aliphatic heterocycles. The summed E-state index contributed by atoms with van der Waals surface area (Å²) < 4.78 is 5.18. The lowest BCUT2D eigenvalue weighted by Crippen LogP contribution is -2.56. The summed E-state index contributed by atoms with van der Waals surface area (Å²) in [4.78, 5) is 2.41. The van der Waals surface area contributed by atoms with Crippen LogP contribution in [0, 0.1) is 0 Å². The first kappa shape index (κ1) is 15.3. The van der Waals surface area contributed by atoms with E-state index in [2.05, 4.69) is 29.3 Å². The van der Waals surface area contributed by atoms with Crippen LogP contribution < -0.4 is 10.1 Å². The average Bonchev–Trinajstić information content (AvgIpc) is 2.54. The molecule has 112 valence electrons. The van der Waals surface area contributed by atoms with Crippen molar-refractivity contribution in [2.75, 3.05) is 39.9 Å². The van der Waals surface area contributed by atoms with E-state index in [1.54, 1.807) is 7.11 Å². The van der Waals surface area contributed by atoms with Crippen molar-refractivity contribution in [1.82, 2.24) is 10.2 Å². The molecular formula is C16H26N2O2. The number of ether oxygens (including phenoxy) is 1. The Kier molecular flexibility index (Phi) is 5.40. The number of aliphatic hydroxyl groups excluding tert-OH is 1. The Morgan fingerprint density at radius 1 is 1.25 bits per heavy atom. The Morgan fingerprint density at radius 2 is 1.90 bits per heavy atom. The molecule has 1 aromatic rings. The average molecular weight is 278 g/mol. The van der Waals surface area contributed by atoms with Crippen LogP contribution in [0.4, 0.5) is 0 Å². The molecule has 2 N–H and O–H groups in total. The minimum atomic E-state index is -0.123. The van der Waals surface area contributed by atoms with Gasteiger partial charge in [0.25, 0.3) is 0 Å². The zero-order valence-electron chi connectivity index (χ0n) is 12.6. The van der Waals surface area contributed by atoms with Crippen molar-refractivity contribution in [2.24, 2.45) is 0 Å². The zero-order chi connectivity index (χ0) is 14.4. The van der Waals surface area contributed by atoms with E-state index in [4.69, 9.17) is 4.74 Å². The molecule has 0 saturated carbocycles. The lowest BCUT2D eigenvalue weighted by atomic mass is 9.91. The van der Waals surface area contributed by atoms with Gasteiger partial charge in [0, 0.05) is 31.7 Å². The smallest absolute Gasteiger partial charge is 0.118 e. The van der Waals surface area contributed by atoms with Crippen LogP contribution in [0.5, 0.6) is 5.75 Å². The minimum absolute atomic E-state index is 0.123. The fourth-order valence-corrected chi connectivity index (χ4v) is 2.75. The summed E-state index contributed by atoms with van der Waals surface area (Å²) in [6, 6.07) is 8.20. The third-order valence-corrected chi connectivity index (χ3v) is 4.33. The number of hydrogen-bond acceptors (Lipinski definition) is 4. The van der Waals surface area contributed by atoms with Crippen molar-refractivity contribution in [2.45, 2.75) is 25.3 Å². The van der Waals surface area contributed by atoms with E-state index in [9.17, 15) is 5.11 Å². The number of nitrogens with zero attached hydrogens (tertiary/aromatic N) is 1. The maximum absolute atomic E-state index is 9.82. The lowest BCUT2D eigenvalue weighted by Gasteiger charge is -2.42. The van der Waals surface area contributed by atoms with E-state index in [-0.39, 0.29) is 12.1 Å². The van der Waals surface area contributed by atoms with E-state index in [0.717, 1.165) is 44.8 Å². The third-order valence-electron chi connectivity index (χ3n) is 4.33. The highest BCUT2D eigenvalue weighted by Gasteiger charge is 2.31. The van der Waals surface area contributed by atoms with E-state index in [1.165, 1.54) is 5.56 Å². The quantitative estimate of drug-likeness (QED) is 0.823. The molecule has 0 bridgehead atoms. The summed E-state index contributed by atoms with van der Waals surface area (Å²) in [6.45, 7) is 6.43. The van der Waals surface area contributed by atoms with E-state index < -0.39 is 0 Å². The second kappa shape index (κ2) is 7.07. The van der Waals surface area contributed by atoms with E-state index in [1.807, 2.05) is 12.1 Å². The van der Waals surface area contributed by atoms with Gasteiger partial charge >= 0.3 is 0 Å². The molecule has 0 spiro atoms. The molecule has 4 heteroatoms. The van der Waals surface area contributed by atoms with Gasteiger partial charge in [-0.2, -0.15) is 0 Å². The van der Waals surface area contributed by atoms with Gasteiger partial charge < -0.3 is 15.2 Å². The summed E-state index contributed by atoms with van der Waals surface area (Å²) in [5.41, 5.74) is 1.17. The molecular weight excluding hydrogens is 252 g/mol. The van der Waals surface area contributed by atoms with Gasteiger partial charge in [0.1, 0.15) is 5.75 Å². The van der Waals surface area contributed by atoms with Crippen LogP contribution in [0.3, 0.4) is 0 Å². The predicted molar refractivity (Wildman–Crippen MR) is 81.2 cm³/mol. The second-order valence-electron chi connectivity index (χ2n) is 5.74. The van der Waals surface area contributed by atoms with Crippen LogP contribution in [-0.4, -0.2) is 55.4 Å². The highest BCUT2D eigenvalue weighted by atomic mass is 16.5. The van der Waals surface area contributed by atoms with Crippen molar-refractivity contribution >= 4 is 0 Å². The van der Waals surface area contributed by atoms with Crippen molar-refractivity contribution < 1.29 is 9.84 Å². The zero-order valence-corrected chi connectivity index (χ0v) is 12.6. The maximum atomic E-state index is 9.82. The summed E-state index contributed by atoms with van der Waals surface area (Å²) in [5.74, 6) is 0.890. The van der Waals surface area contributed by atoms with Crippen molar-refractivity contribution in [3.05, 3.63) is 29.8 Å². The first-order chi connectivity index (χ1) is 9.68. The largest absolute Gasteiger partial charge is 0.497 e. The van der Waals surface area contributed by atoms with Crippen LogP contribution in [0.25, 0.3) is 0 Å². The maximum Gasteiger partial charge on any atom is 0.118 e. The Balaban J connectivity index is 1.94. The molecule has 1 aromatic carbocycles. The predicted octanol–water partition coefficient (Wildman–Crippen LogP) is 1.28. The first-order valence-corrected chi connectivity index (χ1v) is 7.37. The molecule has 4 nitrogen and oxygen atoms in total. The number of piperazine rings is 1. The molecule has 1 saturated heterocycles. The normalized spacial score (nSPS) is 19.6. The van der Waals surface area contributed by atoms with Crippen LogP contribution in [-0.2, 0) is 6.42 Å². The topological polar surface area (TPSA) is 44.7 Å². The number of hydrogen-bond donors (Lipinski definition) is 2. The molecule has 1 unspecified atom stereocenters. The highest BCUT2D eigenvalue weighted by Crippen LogP contribution is 2.23. The standard InChI is InChI=1S/C16H26N2O2/c1-16(13-19,18-11-9-17-10-12-18)8-7-14-3-5-15(20-2)6-4-14/h3-6,17,19H,7-13H2,1-2H3. The number of benzene rings is 1. The minimum Gasteiger partial charge on any atom is -0.497 e. The van der Waals surface area contributed by atoms with Gasteiger partial charge in [0.15, 0.2) is 0 Å². The van der Waals surface area contributed by atoms with E-state index in [0.29, 0.717) is 0 Å². The van der Waals surface area contributed by atoms with Crippen LogP contribution in [0.1, 0.15) is 18.9 Å². The first-order valence-electron chi connectivity index (χ1n) is 7.37. The fourth-order valence-electron chi connectivity index (χ4n) is 2.75. The number of rotatable bonds is 6. The summed E-state index contributed by atoms with van der Waals surface area (Å²) >= 11 is 0. The number of aryl methyl sites for hydroxylation is 1. The highest BCUT2D eigenvalue weighted by molar-refractivity contribution is 5.27. The Bertz CT molecular complexity index is 401. The summed E-state index contributed by atoms with van der Waals surface area (Å²) in [5, 5.41) is 13.2. The van der Waals surface area contributed by atoms with Gasteiger partial charge in [0.2, 0.25) is 0 Å². The van der Waals surface area contributed by atoms with Gasteiger partial charge in [-0.15, -0.1) is 0 Å². The van der Waals surface area contributed by atoms with Crippen LogP contribution >= 0.6 is 0 Å². The van der Waals surface area contributed by atoms with Gasteiger partial charge in [-0.25, -0.2) is 0 Å². The molecule has 0 aliphatic carbocycles. The third kappa shape index (κ3) is 3.72. The SMILES string of the molecule is COc1ccc(CCC(C)(CO)N2CCNCC2)cc1. The monoisotopic (exact) mass is 278 g/mol. The Hall–Kier alpha value is -1.10. The van der Waals surface area contributed by atoms with Gasteiger partial charge in [-0.05, 0) is 37.5 Å². The number of nitrogens with one attached hydrogen (secondary N) is 1. The Morgan fingerprint density at radius 3 is 2.45 bits per heavy atom. The Labute approximate surface area is 121 Å². The molecule has 0 aromatic heterocycles. The van der Waals surface area contributed by atoms with Crippen molar-refractivity contribution in [3.63, 3.8) is 0 Å². The molecule has 1 fully saturated rings. The fraction of sp³-hybridized carbons (Fsp3) is 0.625. The lowest BCUT2D eigenvalue weighted by molar-refractivity contribution is 0.0278. The molecule has 1 aliphatic rings. The number of aliphatic hydroxyl groups is 1. The molecule has 1 atom stereocenters. The summed E-state index contributed by atoms with van der Waals surface area (Å²) in [7, 11) is 1.68. The molecule has 20 heavy (non-hydrogen) atoms. The van der Waals surface area contributed by atoms with Crippen molar-refractivity contribution in [1.29, 1.82) is 0 Å². The molecule has 1 heterocycles. The molecule has 0 amide bonds. The molecule has 0 radical (unpaired) electrons. The van der Waals surface area contributed by atoms with Gasteiger partial charge in [0.05, 0.1) is 13.7 Å². The molecule has 2 rings (SSSR count). The second-order valence-corrected chi connectivity index (χ2v) is 5.74. The summed E-state index contributed by atoms with van der Waals surface area (Å²) in [6.07, 6.45) is 1.95. The van der Waals surface area contributed by atoms with E-state index >= 15 is 0 Å².